The highest BCUT2D eigenvalue weighted by atomic mass is 35.5. The molecule has 106 valence electrons. The van der Waals surface area contributed by atoms with Crippen LogP contribution in [0.15, 0.2) is 22.8 Å². The largest absolute Gasteiger partial charge is 0.495 e. The third kappa shape index (κ3) is 2.65. The fourth-order valence-corrected chi connectivity index (χ4v) is 2.18. The number of furan rings is 1. The fraction of sp³-hybridized carbons (Fsp3) is 0.267. The molecule has 1 N–H and O–H groups in total. The number of benzene rings is 1. The van der Waals surface area contributed by atoms with Crippen molar-refractivity contribution in [2.45, 2.75) is 20.8 Å². The number of nitrogens with one attached hydrogen (secondary N) is 1. The molecule has 0 fully saturated rings. The molecule has 2 aromatic rings. The topological polar surface area (TPSA) is 51.5 Å². The summed E-state index contributed by atoms with van der Waals surface area (Å²) in [6, 6.07) is 3.46. The van der Waals surface area contributed by atoms with Crippen molar-refractivity contribution in [2.75, 3.05) is 12.4 Å². The Labute approximate surface area is 122 Å². The second-order valence-corrected chi connectivity index (χ2v) is 5.01. The Hall–Kier alpha value is -1.94. The lowest BCUT2D eigenvalue weighted by atomic mass is 10.1. The average Bonchev–Trinajstić information content (AvgIpc) is 2.73. The Morgan fingerprint density at radius 3 is 2.50 bits per heavy atom. The predicted octanol–water partition coefficient (Wildman–Crippen LogP) is 4.12. The number of halogens is 1. The van der Waals surface area contributed by atoms with Gasteiger partial charge in [0.2, 0.25) is 0 Å². The molecule has 0 unspecified atom stereocenters. The summed E-state index contributed by atoms with van der Waals surface area (Å²) in [4.78, 5) is 12.3. The Morgan fingerprint density at radius 2 is 1.95 bits per heavy atom. The predicted molar refractivity (Wildman–Crippen MR) is 78.9 cm³/mol. The molecular formula is C15H16ClNO3. The normalized spacial score (nSPS) is 10.4. The number of hydrogen-bond donors (Lipinski definition) is 1. The smallest absolute Gasteiger partial charge is 0.259 e. The van der Waals surface area contributed by atoms with E-state index in [1.165, 1.54) is 7.11 Å². The lowest BCUT2D eigenvalue weighted by Gasteiger charge is -2.12. The first kappa shape index (κ1) is 14.5. The van der Waals surface area contributed by atoms with E-state index < -0.39 is 0 Å². The van der Waals surface area contributed by atoms with E-state index in [0.29, 0.717) is 27.8 Å². The van der Waals surface area contributed by atoms with Crippen LogP contribution >= 0.6 is 11.6 Å². The van der Waals surface area contributed by atoms with Gasteiger partial charge in [0.25, 0.3) is 5.91 Å². The standard InChI is InChI=1S/C15H16ClNO3/c1-8-5-12(13(19-4)6-11(8)16)17-15(18)14-9(2)7-20-10(14)3/h5-7H,1-4H3,(H,17,18). The van der Waals surface area contributed by atoms with Gasteiger partial charge in [-0.3, -0.25) is 4.79 Å². The quantitative estimate of drug-likeness (QED) is 0.926. The minimum atomic E-state index is -0.228. The fourth-order valence-electron chi connectivity index (χ4n) is 2.03. The molecule has 0 aliphatic rings. The third-order valence-electron chi connectivity index (χ3n) is 3.11. The van der Waals surface area contributed by atoms with Gasteiger partial charge in [-0.15, -0.1) is 0 Å². The minimum absolute atomic E-state index is 0.228. The van der Waals surface area contributed by atoms with Gasteiger partial charge in [-0.1, -0.05) is 11.6 Å². The zero-order valence-electron chi connectivity index (χ0n) is 11.8. The third-order valence-corrected chi connectivity index (χ3v) is 3.52. The highest BCUT2D eigenvalue weighted by molar-refractivity contribution is 6.31. The van der Waals surface area contributed by atoms with Crippen molar-refractivity contribution < 1.29 is 13.9 Å². The molecular weight excluding hydrogens is 278 g/mol. The lowest BCUT2D eigenvalue weighted by Crippen LogP contribution is -2.14. The summed E-state index contributed by atoms with van der Waals surface area (Å²) in [7, 11) is 1.53. The number of methoxy groups -OCH3 is 1. The van der Waals surface area contributed by atoms with Crippen LogP contribution in [0.5, 0.6) is 5.75 Å². The molecule has 0 radical (unpaired) electrons. The van der Waals surface area contributed by atoms with Crippen LogP contribution in [0.1, 0.15) is 27.2 Å². The maximum absolute atomic E-state index is 12.3. The van der Waals surface area contributed by atoms with Crippen LogP contribution in [-0.2, 0) is 0 Å². The van der Waals surface area contributed by atoms with Crippen LogP contribution < -0.4 is 10.1 Å². The van der Waals surface area contributed by atoms with E-state index >= 15 is 0 Å². The number of aryl methyl sites for hydroxylation is 3. The number of ether oxygens (including phenoxy) is 1. The van der Waals surface area contributed by atoms with Gasteiger partial charge in [0.05, 0.1) is 24.6 Å². The molecule has 1 heterocycles. The number of rotatable bonds is 3. The van der Waals surface area contributed by atoms with Crippen molar-refractivity contribution in [3.8, 4) is 5.75 Å². The first-order valence-electron chi connectivity index (χ1n) is 6.14. The van der Waals surface area contributed by atoms with Crippen LogP contribution in [-0.4, -0.2) is 13.0 Å². The van der Waals surface area contributed by atoms with Gasteiger partial charge in [0.1, 0.15) is 11.5 Å². The van der Waals surface area contributed by atoms with Gasteiger partial charge in [-0.05, 0) is 32.4 Å². The maximum atomic E-state index is 12.3. The molecule has 5 heteroatoms. The lowest BCUT2D eigenvalue weighted by molar-refractivity contribution is 0.102. The Morgan fingerprint density at radius 1 is 1.25 bits per heavy atom. The average molecular weight is 294 g/mol. The van der Waals surface area contributed by atoms with Crippen LogP contribution in [0.3, 0.4) is 0 Å². The van der Waals surface area contributed by atoms with E-state index in [-0.39, 0.29) is 5.91 Å². The van der Waals surface area contributed by atoms with Crippen LogP contribution in [0.2, 0.25) is 5.02 Å². The van der Waals surface area contributed by atoms with Crippen molar-refractivity contribution in [3.05, 3.63) is 45.9 Å². The first-order chi connectivity index (χ1) is 9.43. The van der Waals surface area contributed by atoms with E-state index in [4.69, 9.17) is 20.8 Å². The number of carbonyl (C=O) groups excluding carboxylic acids is 1. The summed E-state index contributed by atoms with van der Waals surface area (Å²) in [6.45, 7) is 5.45. The molecule has 1 aromatic carbocycles. The molecule has 0 spiro atoms. The van der Waals surface area contributed by atoms with Crippen LogP contribution in [0.4, 0.5) is 5.69 Å². The summed E-state index contributed by atoms with van der Waals surface area (Å²) >= 11 is 6.04. The summed E-state index contributed by atoms with van der Waals surface area (Å²) in [5.74, 6) is 0.881. The molecule has 0 aliphatic carbocycles. The van der Waals surface area contributed by atoms with Crippen LogP contribution in [0, 0.1) is 20.8 Å². The van der Waals surface area contributed by atoms with Gasteiger partial charge in [0, 0.05) is 16.7 Å². The summed E-state index contributed by atoms with van der Waals surface area (Å²) in [6.07, 6.45) is 1.56. The molecule has 2 rings (SSSR count). The van der Waals surface area contributed by atoms with Crippen LogP contribution in [0.25, 0.3) is 0 Å². The number of amides is 1. The monoisotopic (exact) mass is 293 g/mol. The molecule has 0 saturated carbocycles. The van der Waals surface area contributed by atoms with Crippen molar-refractivity contribution in [3.63, 3.8) is 0 Å². The molecule has 0 atom stereocenters. The van der Waals surface area contributed by atoms with E-state index in [9.17, 15) is 4.79 Å². The van der Waals surface area contributed by atoms with Gasteiger partial charge < -0.3 is 14.5 Å². The summed E-state index contributed by atoms with van der Waals surface area (Å²) in [5, 5.41) is 3.42. The summed E-state index contributed by atoms with van der Waals surface area (Å²) in [5.41, 5.74) is 2.78. The minimum Gasteiger partial charge on any atom is -0.495 e. The first-order valence-corrected chi connectivity index (χ1v) is 6.52. The zero-order chi connectivity index (χ0) is 14.9. The van der Waals surface area contributed by atoms with Gasteiger partial charge in [-0.25, -0.2) is 0 Å². The SMILES string of the molecule is COc1cc(Cl)c(C)cc1NC(=O)c1c(C)coc1C. The van der Waals surface area contributed by atoms with Crippen molar-refractivity contribution >= 4 is 23.2 Å². The van der Waals surface area contributed by atoms with E-state index in [1.807, 2.05) is 13.8 Å². The van der Waals surface area contributed by atoms with E-state index in [0.717, 1.165) is 11.1 Å². The molecule has 1 aromatic heterocycles. The molecule has 0 aliphatic heterocycles. The second-order valence-electron chi connectivity index (χ2n) is 4.61. The van der Waals surface area contributed by atoms with Crippen molar-refractivity contribution in [1.29, 1.82) is 0 Å². The Kier molecular flexibility index (Phi) is 4.04. The molecule has 20 heavy (non-hydrogen) atoms. The molecule has 0 bridgehead atoms. The zero-order valence-corrected chi connectivity index (χ0v) is 12.6. The van der Waals surface area contributed by atoms with E-state index in [1.54, 1.807) is 25.3 Å². The molecule has 4 nitrogen and oxygen atoms in total. The molecule has 1 amide bonds. The Balaban J connectivity index is 2.35. The van der Waals surface area contributed by atoms with Gasteiger partial charge in [-0.2, -0.15) is 0 Å². The second kappa shape index (κ2) is 5.59. The number of carbonyl (C=O) groups is 1. The molecule has 0 saturated heterocycles. The highest BCUT2D eigenvalue weighted by Gasteiger charge is 2.17. The van der Waals surface area contributed by atoms with E-state index in [2.05, 4.69) is 5.32 Å². The number of anilines is 1. The van der Waals surface area contributed by atoms with Crippen molar-refractivity contribution in [2.24, 2.45) is 0 Å². The van der Waals surface area contributed by atoms with Gasteiger partial charge in [0.15, 0.2) is 0 Å². The van der Waals surface area contributed by atoms with Gasteiger partial charge >= 0.3 is 0 Å². The number of hydrogen-bond acceptors (Lipinski definition) is 3. The highest BCUT2D eigenvalue weighted by Crippen LogP contribution is 2.31. The summed E-state index contributed by atoms with van der Waals surface area (Å²) < 4.78 is 10.5. The maximum Gasteiger partial charge on any atom is 0.259 e. The Bertz CT molecular complexity index is 642. The van der Waals surface area contributed by atoms with Crippen molar-refractivity contribution in [1.82, 2.24) is 0 Å².